The fourth-order valence-electron chi connectivity index (χ4n) is 1.53. The Morgan fingerprint density at radius 2 is 1.45 bits per heavy atom. The van der Waals surface area contributed by atoms with Crippen molar-refractivity contribution in [1.82, 2.24) is 4.90 Å². The molecule has 8 nitrogen and oxygen atoms in total. The molecule has 0 aliphatic carbocycles. The topological polar surface area (TPSA) is 83.5 Å². The average molecular weight is 321 g/mol. The molecule has 0 atom stereocenters. The van der Waals surface area contributed by atoms with Crippen LogP contribution in [0.4, 0.5) is 0 Å². The minimum atomic E-state index is -0.460. The maximum atomic E-state index is 11.6. The summed E-state index contributed by atoms with van der Waals surface area (Å²) >= 11 is 0. The predicted molar refractivity (Wildman–Crippen MR) is 78.6 cm³/mol. The number of methoxy groups -OCH3 is 3. The Morgan fingerprint density at radius 3 is 2.00 bits per heavy atom. The molecule has 0 spiro atoms. The Morgan fingerprint density at radius 1 is 0.818 bits per heavy atom. The molecule has 8 heteroatoms. The molecule has 0 aliphatic rings. The van der Waals surface area contributed by atoms with E-state index in [1.165, 1.54) is 7.11 Å². The molecule has 0 bridgehead atoms. The van der Waals surface area contributed by atoms with E-state index in [1.807, 2.05) is 0 Å². The number of rotatable bonds is 14. The highest BCUT2D eigenvalue weighted by molar-refractivity contribution is 5.70. The molecule has 0 aromatic rings. The van der Waals surface area contributed by atoms with E-state index in [4.69, 9.17) is 18.9 Å². The second kappa shape index (κ2) is 14.7. The fraction of sp³-hybridized carbons (Fsp3) is 0.857. The normalized spacial score (nSPS) is 10.7. The Labute approximate surface area is 131 Å². The van der Waals surface area contributed by atoms with Crippen LogP contribution in [0.5, 0.6) is 0 Å². The highest BCUT2D eigenvalue weighted by Gasteiger charge is 2.09. The Balaban J connectivity index is 3.72. The van der Waals surface area contributed by atoms with Crippen LogP contribution in [-0.2, 0) is 33.3 Å². The predicted octanol–water partition coefficient (Wildman–Crippen LogP) is -0.296. The minimum absolute atomic E-state index is 0.117. The van der Waals surface area contributed by atoms with Crippen molar-refractivity contribution in [3.05, 3.63) is 0 Å². The van der Waals surface area contributed by atoms with E-state index in [2.05, 4.69) is 9.64 Å². The summed E-state index contributed by atoms with van der Waals surface area (Å²) in [5.74, 6) is -0.764. The van der Waals surface area contributed by atoms with E-state index in [0.717, 1.165) is 13.1 Å². The van der Waals surface area contributed by atoms with Gasteiger partial charge in [0, 0.05) is 33.9 Å². The molecule has 0 heterocycles. The molecule has 0 fully saturated rings. The lowest BCUT2D eigenvalue weighted by atomic mass is 10.3. The van der Waals surface area contributed by atoms with Crippen molar-refractivity contribution < 1.29 is 33.3 Å². The van der Waals surface area contributed by atoms with E-state index in [9.17, 15) is 9.59 Å². The third kappa shape index (κ3) is 12.5. The van der Waals surface area contributed by atoms with Gasteiger partial charge in [-0.3, -0.25) is 9.69 Å². The largest absolute Gasteiger partial charge is 0.467 e. The molecule has 0 saturated heterocycles. The number of esters is 2. The lowest BCUT2D eigenvalue weighted by Gasteiger charge is -2.20. The molecule has 0 aliphatic heterocycles. The second-order valence-electron chi connectivity index (χ2n) is 4.43. The summed E-state index contributed by atoms with van der Waals surface area (Å²) in [6, 6.07) is 0. The Hall–Kier alpha value is -1.22. The highest BCUT2D eigenvalue weighted by atomic mass is 16.6. The van der Waals surface area contributed by atoms with Gasteiger partial charge in [-0.25, -0.2) is 4.79 Å². The molecule has 0 saturated carbocycles. The van der Waals surface area contributed by atoms with Crippen LogP contribution >= 0.6 is 0 Å². The highest BCUT2D eigenvalue weighted by Crippen LogP contribution is 1.95. The van der Waals surface area contributed by atoms with Crippen LogP contribution in [-0.4, -0.2) is 90.8 Å². The number of hydrogen-bond acceptors (Lipinski definition) is 8. The smallest absolute Gasteiger partial charge is 0.331 e. The second-order valence-corrected chi connectivity index (χ2v) is 4.43. The fourth-order valence-corrected chi connectivity index (χ4v) is 1.53. The average Bonchev–Trinajstić information content (AvgIpc) is 2.53. The zero-order valence-electron chi connectivity index (χ0n) is 13.7. The van der Waals surface area contributed by atoms with Crippen molar-refractivity contribution in [2.75, 3.05) is 74.0 Å². The Kier molecular flexibility index (Phi) is 13.9. The van der Waals surface area contributed by atoms with Crippen molar-refractivity contribution >= 4 is 11.9 Å². The molecule has 0 unspecified atom stereocenters. The molecule has 22 heavy (non-hydrogen) atoms. The van der Waals surface area contributed by atoms with Gasteiger partial charge in [0.1, 0.15) is 13.2 Å². The number of ether oxygens (including phenoxy) is 5. The zero-order chi connectivity index (χ0) is 16.6. The van der Waals surface area contributed by atoms with Gasteiger partial charge >= 0.3 is 11.9 Å². The first kappa shape index (κ1) is 20.8. The monoisotopic (exact) mass is 321 g/mol. The molecule has 0 aromatic carbocycles. The van der Waals surface area contributed by atoms with Gasteiger partial charge < -0.3 is 23.7 Å². The number of carbonyl (C=O) groups excluding carboxylic acids is 2. The first-order chi connectivity index (χ1) is 10.6. The van der Waals surface area contributed by atoms with Gasteiger partial charge in [-0.15, -0.1) is 0 Å². The molecule has 0 amide bonds. The molecule has 0 aromatic heterocycles. The number of carbonyl (C=O) groups is 2. The Bertz CT molecular complexity index is 291. The van der Waals surface area contributed by atoms with Crippen LogP contribution in [0.15, 0.2) is 0 Å². The standard InChI is InChI=1S/C14H27NO7/c1-18-8-6-15(7-9-19-2)5-4-13(16)22-11-10-21-12-14(17)20-3/h4-12H2,1-3H3. The van der Waals surface area contributed by atoms with E-state index in [-0.39, 0.29) is 32.2 Å². The third-order valence-electron chi connectivity index (χ3n) is 2.79. The lowest BCUT2D eigenvalue weighted by molar-refractivity contribution is -0.149. The van der Waals surface area contributed by atoms with Gasteiger partial charge in [-0.2, -0.15) is 0 Å². The van der Waals surface area contributed by atoms with Crippen LogP contribution in [0, 0.1) is 0 Å². The quantitative estimate of drug-likeness (QED) is 0.319. The maximum absolute atomic E-state index is 11.6. The van der Waals surface area contributed by atoms with Crippen molar-refractivity contribution in [3.8, 4) is 0 Å². The first-order valence-electron chi connectivity index (χ1n) is 7.14. The van der Waals surface area contributed by atoms with Crippen LogP contribution < -0.4 is 0 Å². The van der Waals surface area contributed by atoms with E-state index in [1.54, 1.807) is 14.2 Å². The van der Waals surface area contributed by atoms with Gasteiger partial charge in [-0.1, -0.05) is 0 Å². The van der Waals surface area contributed by atoms with Crippen LogP contribution in [0.3, 0.4) is 0 Å². The summed E-state index contributed by atoms with van der Waals surface area (Å²) in [4.78, 5) is 24.4. The van der Waals surface area contributed by atoms with Crippen molar-refractivity contribution in [1.29, 1.82) is 0 Å². The van der Waals surface area contributed by atoms with Crippen LogP contribution in [0.1, 0.15) is 6.42 Å². The first-order valence-corrected chi connectivity index (χ1v) is 7.14. The van der Waals surface area contributed by atoms with E-state index in [0.29, 0.717) is 19.8 Å². The van der Waals surface area contributed by atoms with Crippen molar-refractivity contribution in [3.63, 3.8) is 0 Å². The van der Waals surface area contributed by atoms with Crippen molar-refractivity contribution in [2.24, 2.45) is 0 Å². The zero-order valence-corrected chi connectivity index (χ0v) is 13.7. The summed E-state index contributed by atoms with van der Waals surface area (Å²) in [6.45, 7) is 3.37. The minimum Gasteiger partial charge on any atom is -0.467 e. The number of nitrogens with zero attached hydrogens (tertiary/aromatic N) is 1. The van der Waals surface area contributed by atoms with Gasteiger partial charge in [0.05, 0.1) is 33.4 Å². The lowest BCUT2D eigenvalue weighted by Crippen LogP contribution is -2.33. The third-order valence-corrected chi connectivity index (χ3v) is 2.79. The van der Waals surface area contributed by atoms with Gasteiger partial charge in [0.25, 0.3) is 0 Å². The SMILES string of the molecule is COCCN(CCOC)CCC(=O)OCCOCC(=O)OC. The summed E-state index contributed by atoms with van der Waals surface area (Å²) in [7, 11) is 4.55. The van der Waals surface area contributed by atoms with Crippen molar-refractivity contribution in [2.45, 2.75) is 6.42 Å². The van der Waals surface area contributed by atoms with Gasteiger partial charge in [0.2, 0.25) is 0 Å². The van der Waals surface area contributed by atoms with E-state index >= 15 is 0 Å². The van der Waals surface area contributed by atoms with Crippen LogP contribution in [0.2, 0.25) is 0 Å². The molecular formula is C14H27NO7. The molecule has 0 rings (SSSR count). The molecular weight excluding hydrogens is 294 g/mol. The molecule has 0 radical (unpaired) electrons. The van der Waals surface area contributed by atoms with Gasteiger partial charge in [0.15, 0.2) is 0 Å². The number of hydrogen-bond donors (Lipinski definition) is 0. The van der Waals surface area contributed by atoms with Gasteiger partial charge in [-0.05, 0) is 0 Å². The summed E-state index contributed by atoms with van der Waals surface area (Å²) < 4.78 is 24.4. The summed E-state index contributed by atoms with van der Waals surface area (Å²) in [5.41, 5.74) is 0. The summed E-state index contributed by atoms with van der Waals surface area (Å²) in [5, 5.41) is 0. The summed E-state index contributed by atoms with van der Waals surface area (Å²) in [6.07, 6.45) is 0.282. The maximum Gasteiger partial charge on any atom is 0.331 e. The van der Waals surface area contributed by atoms with Crippen LogP contribution in [0.25, 0.3) is 0 Å². The molecule has 130 valence electrons. The molecule has 0 N–H and O–H groups in total. The van der Waals surface area contributed by atoms with E-state index < -0.39 is 5.97 Å².